The quantitative estimate of drug-likeness (QED) is 0.720. The van der Waals surface area contributed by atoms with Gasteiger partial charge in [0.05, 0.1) is 6.20 Å². The summed E-state index contributed by atoms with van der Waals surface area (Å²) < 4.78 is 5.78. The van der Waals surface area contributed by atoms with Crippen LogP contribution < -0.4 is 5.32 Å². The SMILES string of the molecule is CC(C)CNCCCc1ncc(CC2CCC2)o1. The zero-order valence-corrected chi connectivity index (χ0v) is 11.7. The molecule has 3 heteroatoms. The van der Waals surface area contributed by atoms with Gasteiger partial charge >= 0.3 is 0 Å². The topological polar surface area (TPSA) is 38.1 Å². The third kappa shape index (κ3) is 4.45. The fraction of sp³-hybridized carbons (Fsp3) is 0.800. The first kappa shape index (κ1) is 13.6. The van der Waals surface area contributed by atoms with Crippen molar-refractivity contribution in [2.24, 2.45) is 11.8 Å². The lowest BCUT2D eigenvalue weighted by Gasteiger charge is -2.23. The summed E-state index contributed by atoms with van der Waals surface area (Å²) in [6, 6.07) is 0. The van der Waals surface area contributed by atoms with Crippen LogP contribution in [0.2, 0.25) is 0 Å². The third-order valence-corrected chi connectivity index (χ3v) is 3.61. The van der Waals surface area contributed by atoms with Crippen LogP contribution in [0.4, 0.5) is 0 Å². The Morgan fingerprint density at radius 2 is 2.28 bits per heavy atom. The van der Waals surface area contributed by atoms with E-state index in [1.807, 2.05) is 6.20 Å². The van der Waals surface area contributed by atoms with Crippen molar-refractivity contribution < 1.29 is 4.42 Å². The Hall–Kier alpha value is -0.830. The molecule has 0 radical (unpaired) electrons. The predicted molar refractivity (Wildman–Crippen MR) is 73.6 cm³/mol. The molecule has 1 aliphatic carbocycles. The Labute approximate surface area is 110 Å². The molecular formula is C15H26N2O. The molecule has 0 unspecified atom stereocenters. The number of hydrogen-bond donors (Lipinski definition) is 1. The lowest BCUT2D eigenvalue weighted by atomic mass is 9.82. The van der Waals surface area contributed by atoms with E-state index >= 15 is 0 Å². The maximum Gasteiger partial charge on any atom is 0.194 e. The number of aryl methyl sites for hydroxylation is 1. The van der Waals surface area contributed by atoms with Gasteiger partial charge in [0, 0.05) is 12.8 Å². The second kappa shape index (κ2) is 6.93. The van der Waals surface area contributed by atoms with Gasteiger partial charge in [0.15, 0.2) is 5.89 Å². The monoisotopic (exact) mass is 250 g/mol. The van der Waals surface area contributed by atoms with E-state index in [1.54, 1.807) is 0 Å². The molecule has 0 aromatic carbocycles. The molecular weight excluding hydrogens is 224 g/mol. The molecule has 102 valence electrons. The molecule has 0 amide bonds. The van der Waals surface area contributed by atoms with Gasteiger partial charge in [-0.3, -0.25) is 0 Å². The highest BCUT2D eigenvalue weighted by Crippen LogP contribution is 2.29. The Balaban J connectivity index is 1.60. The Morgan fingerprint density at radius 3 is 2.94 bits per heavy atom. The molecule has 1 aromatic rings. The smallest absolute Gasteiger partial charge is 0.194 e. The fourth-order valence-corrected chi connectivity index (χ4v) is 2.29. The molecule has 2 rings (SSSR count). The van der Waals surface area contributed by atoms with E-state index in [-0.39, 0.29) is 0 Å². The maximum atomic E-state index is 5.78. The normalized spacial score (nSPS) is 16.2. The number of aromatic nitrogens is 1. The summed E-state index contributed by atoms with van der Waals surface area (Å²) in [6.45, 7) is 6.61. The number of nitrogens with one attached hydrogen (secondary N) is 1. The van der Waals surface area contributed by atoms with Crippen LogP contribution in [0.3, 0.4) is 0 Å². The van der Waals surface area contributed by atoms with Gasteiger partial charge in [0.2, 0.25) is 0 Å². The fourth-order valence-electron chi connectivity index (χ4n) is 2.29. The molecule has 1 N–H and O–H groups in total. The minimum absolute atomic E-state index is 0.723. The van der Waals surface area contributed by atoms with E-state index in [1.165, 1.54) is 19.3 Å². The van der Waals surface area contributed by atoms with Gasteiger partial charge in [-0.25, -0.2) is 4.98 Å². The third-order valence-electron chi connectivity index (χ3n) is 3.61. The summed E-state index contributed by atoms with van der Waals surface area (Å²) in [6.07, 6.45) is 9.22. The van der Waals surface area contributed by atoms with Crippen LogP contribution in [0.25, 0.3) is 0 Å². The van der Waals surface area contributed by atoms with Crippen LogP contribution in [0.1, 0.15) is 51.2 Å². The Morgan fingerprint density at radius 1 is 1.44 bits per heavy atom. The Kier molecular flexibility index (Phi) is 5.24. The van der Waals surface area contributed by atoms with Gasteiger partial charge in [0.25, 0.3) is 0 Å². The highest BCUT2D eigenvalue weighted by atomic mass is 16.4. The van der Waals surface area contributed by atoms with Gasteiger partial charge in [-0.1, -0.05) is 33.1 Å². The average Bonchev–Trinajstić information content (AvgIpc) is 2.70. The summed E-state index contributed by atoms with van der Waals surface area (Å²) in [5.41, 5.74) is 0. The Bertz CT molecular complexity index is 342. The maximum absolute atomic E-state index is 5.78. The minimum atomic E-state index is 0.723. The molecule has 0 spiro atoms. The molecule has 1 aliphatic rings. The molecule has 1 fully saturated rings. The van der Waals surface area contributed by atoms with Crippen molar-refractivity contribution in [3.8, 4) is 0 Å². The first-order valence-electron chi connectivity index (χ1n) is 7.38. The van der Waals surface area contributed by atoms with Crippen molar-refractivity contribution in [3.05, 3.63) is 17.8 Å². The molecule has 1 saturated carbocycles. The van der Waals surface area contributed by atoms with Gasteiger partial charge in [-0.15, -0.1) is 0 Å². The van der Waals surface area contributed by atoms with Crippen LogP contribution in [0.15, 0.2) is 10.6 Å². The van der Waals surface area contributed by atoms with Crippen LogP contribution in [0, 0.1) is 11.8 Å². The largest absolute Gasteiger partial charge is 0.446 e. The molecule has 1 aromatic heterocycles. The van der Waals surface area contributed by atoms with E-state index in [9.17, 15) is 0 Å². The van der Waals surface area contributed by atoms with E-state index < -0.39 is 0 Å². The first-order chi connectivity index (χ1) is 8.74. The lowest BCUT2D eigenvalue weighted by molar-refractivity contribution is 0.291. The molecule has 1 heterocycles. The van der Waals surface area contributed by atoms with E-state index in [0.29, 0.717) is 0 Å². The van der Waals surface area contributed by atoms with Crippen molar-refractivity contribution in [2.75, 3.05) is 13.1 Å². The molecule has 0 aliphatic heterocycles. The van der Waals surface area contributed by atoms with Gasteiger partial charge in [-0.2, -0.15) is 0 Å². The second-order valence-electron chi connectivity index (χ2n) is 5.92. The van der Waals surface area contributed by atoms with E-state index in [4.69, 9.17) is 4.42 Å². The number of rotatable bonds is 8. The van der Waals surface area contributed by atoms with Gasteiger partial charge in [0.1, 0.15) is 5.76 Å². The van der Waals surface area contributed by atoms with Crippen LogP contribution in [0.5, 0.6) is 0 Å². The van der Waals surface area contributed by atoms with Crippen molar-refractivity contribution in [3.63, 3.8) is 0 Å². The highest BCUT2D eigenvalue weighted by Gasteiger charge is 2.19. The molecule has 0 saturated heterocycles. The number of nitrogens with zero attached hydrogens (tertiary/aromatic N) is 1. The summed E-state index contributed by atoms with van der Waals surface area (Å²) in [5, 5.41) is 3.44. The summed E-state index contributed by atoms with van der Waals surface area (Å²) in [5.74, 6) is 3.58. The average molecular weight is 250 g/mol. The number of hydrogen-bond acceptors (Lipinski definition) is 3. The minimum Gasteiger partial charge on any atom is -0.446 e. The van der Waals surface area contributed by atoms with E-state index in [2.05, 4.69) is 24.1 Å². The second-order valence-corrected chi connectivity index (χ2v) is 5.92. The molecule has 0 atom stereocenters. The van der Waals surface area contributed by atoms with Crippen molar-refractivity contribution in [2.45, 2.75) is 52.4 Å². The van der Waals surface area contributed by atoms with Gasteiger partial charge in [-0.05, 0) is 31.3 Å². The first-order valence-corrected chi connectivity index (χ1v) is 7.38. The zero-order valence-electron chi connectivity index (χ0n) is 11.7. The molecule has 18 heavy (non-hydrogen) atoms. The lowest BCUT2D eigenvalue weighted by Crippen LogP contribution is -2.21. The summed E-state index contributed by atoms with van der Waals surface area (Å²) in [4.78, 5) is 4.37. The zero-order chi connectivity index (χ0) is 12.8. The van der Waals surface area contributed by atoms with Crippen molar-refractivity contribution in [1.82, 2.24) is 10.3 Å². The highest BCUT2D eigenvalue weighted by molar-refractivity contribution is 4.97. The van der Waals surface area contributed by atoms with Crippen LogP contribution in [-0.4, -0.2) is 18.1 Å². The standard InChI is InChI=1S/C15H26N2O/c1-12(2)10-16-8-4-7-15-17-11-14(18-15)9-13-5-3-6-13/h11-13,16H,3-10H2,1-2H3. The molecule has 3 nitrogen and oxygen atoms in total. The summed E-state index contributed by atoms with van der Waals surface area (Å²) in [7, 11) is 0. The van der Waals surface area contributed by atoms with Gasteiger partial charge < -0.3 is 9.73 Å². The summed E-state index contributed by atoms with van der Waals surface area (Å²) >= 11 is 0. The number of oxazole rings is 1. The predicted octanol–water partition coefficient (Wildman–Crippen LogP) is 3.20. The van der Waals surface area contributed by atoms with E-state index in [0.717, 1.165) is 55.8 Å². The van der Waals surface area contributed by atoms with Crippen LogP contribution in [-0.2, 0) is 12.8 Å². The van der Waals surface area contributed by atoms with Crippen molar-refractivity contribution in [1.29, 1.82) is 0 Å². The van der Waals surface area contributed by atoms with Crippen LogP contribution >= 0.6 is 0 Å². The molecule has 0 bridgehead atoms. The van der Waals surface area contributed by atoms with Crippen molar-refractivity contribution >= 4 is 0 Å².